The van der Waals surface area contributed by atoms with Crippen molar-refractivity contribution >= 4 is 17.5 Å². The summed E-state index contributed by atoms with van der Waals surface area (Å²) in [5.41, 5.74) is 3.14. The molecule has 1 aliphatic heterocycles. The molecule has 1 unspecified atom stereocenters. The van der Waals surface area contributed by atoms with Crippen LogP contribution in [0, 0.1) is 18.3 Å². The van der Waals surface area contributed by atoms with Crippen LogP contribution in [0.1, 0.15) is 28.3 Å². The Labute approximate surface area is 203 Å². The number of benzene rings is 3. The number of hydrogen-bond donors (Lipinski definition) is 1. The van der Waals surface area contributed by atoms with Crippen LogP contribution in [0.4, 0.5) is 5.69 Å². The Morgan fingerprint density at radius 1 is 1.14 bits per heavy atom. The van der Waals surface area contributed by atoms with Crippen LogP contribution in [0.3, 0.4) is 0 Å². The molecule has 1 atom stereocenters. The highest BCUT2D eigenvalue weighted by Gasteiger charge is 2.37. The van der Waals surface area contributed by atoms with Gasteiger partial charge in [-0.3, -0.25) is 9.59 Å². The molecule has 35 heavy (non-hydrogen) atoms. The fraction of sp³-hybridized carbons (Fsp3) is 0.222. The van der Waals surface area contributed by atoms with E-state index in [1.165, 1.54) is 4.90 Å². The van der Waals surface area contributed by atoms with Gasteiger partial charge in [-0.15, -0.1) is 0 Å². The zero-order valence-electron chi connectivity index (χ0n) is 19.7. The number of nitrogens with zero attached hydrogens (tertiary/aromatic N) is 2. The standard InChI is InChI=1S/C27H25N3O5/c1-17-5-4-6-22-25(27(32)29-20-10-7-18(14-28)8-11-20)30(24(31)16-35-26(17)22)15-19-9-12-21(33-2)13-23(19)34-3/h4-13,25H,15-16H2,1-3H3,(H,29,32). The van der Waals surface area contributed by atoms with E-state index in [0.29, 0.717) is 39.6 Å². The number of methoxy groups -OCH3 is 2. The van der Waals surface area contributed by atoms with E-state index >= 15 is 0 Å². The van der Waals surface area contributed by atoms with Gasteiger partial charge in [-0.05, 0) is 48.9 Å². The van der Waals surface area contributed by atoms with Gasteiger partial charge in [-0.25, -0.2) is 0 Å². The first kappa shape index (κ1) is 23.6. The first-order valence-electron chi connectivity index (χ1n) is 11.0. The Hall–Kier alpha value is -4.51. The maximum Gasteiger partial charge on any atom is 0.261 e. The van der Waals surface area contributed by atoms with Crippen LogP contribution >= 0.6 is 0 Å². The van der Waals surface area contributed by atoms with E-state index in [-0.39, 0.29) is 19.1 Å². The fourth-order valence-electron chi connectivity index (χ4n) is 4.08. The first-order valence-corrected chi connectivity index (χ1v) is 11.0. The largest absolute Gasteiger partial charge is 0.497 e. The van der Waals surface area contributed by atoms with Gasteiger partial charge in [0.05, 0.1) is 32.4 Å². The lowest BCUT2D eigenvalue weighted by Crippen LogP contribution is -2.41. The van der Waals surface area contributed by atoms with Crippen molar-refractivity contribution < 1.29 is 23.8 Å². The van der Waals surface area contributed by atoms with E-state index < -0.39 is 11.9 Å². The lowest BCUT2D eigenvalue weighted by molar-refractivity contribution is -0.140. The molecule has 1 heterocycles. The lowest BCUT2D eigenvalue weighted by atomic mass is 9.99. The van der Waals surface area contributed by atoms with Gasteiger partial charge in [0, 0.05) is 22.9 Å². The molecule has 0 bridgehead atoms. The van der Waals surface area contributed by atoms with E-state index in [1.54, 1.807) is 56.7 Å². The van der Waals surface area contributed by atoms with Gasteiger partial charge in [0.1, 0.15) is 23.3 Å². The molecule has 8 heteroatoms. The van der Waals surface area contributed by atoms with Crippen molar-refractivity contribution in [2.45, 2.75) is 19.5 Å². The normalized spacial score (nSPS) is 14.7. The minimum atomic E-state index is -0.956. The Morgan fingerprint density at radius 3 is 2.60 bits per heavy atom. The van der Waals surface area contributed by atoms with Crippen molar-refractivity contribution in [3.05, 3.63) is 82.9 Å². The summed E-state index contributed by atoms with van der Waals surface area (Å²) in [6.07, 6.45) is 0. The third-order valence-electron chi connectivity index (χ3n) is 5.87. The van der Waals surface area contributed by atoms with Crippen LogP contribution < -0.4 is 19.5 Å². The molecule has 8 nitrogen and oxygen atoms in total. The molecule has 0 aromatic heterocycles. The van der Waals surface area contributed by atoms with Crippen molar-refractivity contribution in [2.75, 3.05) is 26.1 Å². The minimum Gasteiger partial charge on any atom is -0.497 e. The third kappa shape index (κ3) is 4.89. The highest BCUT2D eigenvalue weighted by Crippen LogP contribution is 2.37. The van der Waals surface area contributed by atoms with E-state index in [4.69, 9.17) is 19.5 Å². The summed E-state index contributed by atoms with van der Waals surface area (Å²) in [6.45, 7) is 1.80. The number of carbonyl (C=O) groups excluding carboxylic acids is 2. The molecule has 2 amide bonds. The average molecular weight is 472 g/mol. The number of hydrogen-bond acceptors (Lipinski definition) is 6. The van der Waals surface area contributed by atoms with Crippen molar-refractivity contribution in [3.63, 3.8) is 0 Å². The van der Waals surface area contributed by atoms with Crippen LogP contribution in [0.15, 0.2) is 60.7 Å². The fourth-order valence-corrected chi connectivity index (χ4v) is 4.08. The summed E-state index contributed by atoms with van der Waals surface area (Å²) in [6, 6.07) is 18.5. The Balaban J connectivity index is 1.75. The Bertz CT molecular complexity index is 1300. The van der Waals surface area contributed by atoms with Gasteiger partial charge < -0.3 is 24.4 Å². The van der Waals surface area contributed by atoms with E-state index in [1.807, 2.05) is 25.1 Å². The number of rotatable bonds is 6. The predicted octanol–water partition coefficient (Wildman–Crippen LogP) is 3.98. The number of aryl methyl sites for hydroxylation is 1. The van der Waals surface area contributed by atoms with Gasteiger partial charge in [0.15, 0.2) is 6.61 Å². The SMILES string of the molecule is COc1ccc(CN2C(=O)COc3c(C)cccc3C2C(=O)Nc2ccc(C#N)cc2)c(OC)c1. The van der Waals surface area contributed by atoms with Crippen LogP contribution in [0.2, 0.25) is 0 Å². The van der Waals surface area contributed by atoms with Gasteiger partial charge in [0.2, 0.25) is 0 Å². The summed E-state index contributed by atoms with van der Waals surface area (Å²) in [4.78, 5) is 28.5. The molecule has 0 saturated heterocycles. The van der Waals surface area contributed by atoms with Crippen LogP contribution in [0.25, 0.3) is 0 Å². The molecule has 3 aromatic rings. The third-order valence-corrected chi connectivity index (χ3v) is 5.87. The quantitative estimate of drug-likeness (QED) is 0.584. The molecular formula is C27H25N3O5. The number of fused-ring (bicyclic) bond motifs is 1. The van der Waals surface area contributed by atoms with Gasteiger partial charge in [-0.1, -0.05) is 18.2 Å². The first-order chi connectivity index (χ1) is 16.9. The van der Waals surface area contributed by atoms with Gasteiger partial charge in [-0.2, -0.15) is 5.26 Å². The maximum absolute atomic E-state index is 13.7. The molecule has 0 radical (unpaired) electrons. The van der Waals surface area contributed by atoms with E-state index in [2.05, 4.69) is 11.4 Å². The summed E-state index contributed by atoms with van der Waals surface area (Å²) in [5, 5.41) is 11.9. The zero-order chi connectivity index (χ0) is 24.9. The smallest absolute Gasteiger partial charge is 0.261 e. The zero-order valence-corrected chi connectivity index (χ0v) is 19.7. The predicted molar refractivity (Wildman–Crippen MR) is 129 cm³/mol. The number of para-hydroxylation sites is 1. The van der Waals surface area contributed by atoms with Crippen molar-refractivity contribution in [2.24, 2.45) is 0 Å². The number of carbonyl (C=O) groups is 2. The van der Waals surface area contributed by atoms with Crippen LogP contribution in [-0.2, 0) is 16.1 Å². The molecule has 1 aliphatic rings. The number of ether oxygens (including phenoxy) is 3. The van der Waals surface area contributed by atoms with Crippen molar-refractivity contribution in [1.29, 1.82) is 5.26 Å². The lowest BCUT2D eigenvalue weighted by Gasteiger charge is -2.30. The monoisotopic (exact) mass is 471 g/mol. The minimum absolute atomic E-state index is 0.119. The average Bonchev–Trinajstić information content (AvgIpc) is 3.01. The molecule has 4 rings (SSSR count). The molecule has 1 N–H and O–H groups in total. The summed E-state index contributed by atoms with van der Waals surface area (Å²) < 4.78 is 16.7. The van der Waals surface area contributed by atoms with E-state index in [9.17, 15) is 9.59 Å². The summed E-state index contributed by atoms with van der Waals surface area (Å²) in [5.74, 6) is 0.946. The topological polar surface area (TPSA) is 101 Å². The summed E-state index contributed by atoms with van der Waals surface area (Å²) in [7, 11) is 3.10. The number of amides is 2. The number of nitriles is 1. The van der Waals surface area contributed by atoms with Crippen LogP contribution in [-0.4, -0.2) is 37.5 Å². The second kappa shape index (κ2) is 10.2. The molecule has 178 valence electrons. The van der Waals surface area contributed by atoms with Crippen LogP contribution in [0.5, 0.6) is 17.2 Å². The molecule has 0 spiro atoms. The second-order valence-corrected chi connectivity index (χ2v) is 8.06. The number of nitrogens with one attached hydrogen (secondary N) is 1. The highest BCUT2D eigenvalue weighted by atomic mass is 16.5. The van der Waals surface area contributed by atoms with E-state index in [0.717, 1.165) is 5.56 Å². The van der Waals surface area contributed by atoms with Gasteiger partial charge >= 0.3 is 0 Å². The van der Waals surface area contributed by atoms with Gasteiger partial charge in [0.25, 0.3) is 11.8 Å². The van der Waals surface area contributed by atoms with Crippen molar-refractivity contribution in [1.82, 2.24) is 4.90 Å². The molecule has 3 aromatic carbocycles. The molecule has 0 aliphatic carbocycles. The second-order valence-electron chi connectivity index (χ2n) is 8.06. The molecule has 0 saturated carbocycles. The number of anilines is 1. The summed E-state index contributed by atoms with van der Waals surface area (Å²) >= 11 is 0. The molecular weight excluding hydrogens is 446 g/mol. The molecule has 0 fully saturated rings. The van der Waals surface area contributed by atoms with Crippen molar-refractivity contribution in [3.8, 4) is 23.3 Å². The Morgan fingerprint density at radius 2 is 1.91 bits per heavy atom. The highest BCUT2D eigenvalue weighted by molar-refractivity contribution is 5.99. The maximum atomic E-state index is 13.7. The Kier molecular flexibility index (Phi) is 6.88.